The SMILES string of the molecule is CCCCC/C=C\C/C=C\CCCCCCCCCC(=O)OC(COC(=O)CCCCCCC/C=C\CCCCC)COC1OC(CO)C(O)C(O)C1O. The van der Waals surface area contributed by atoms with Crippen LogP contribution in [-0.2, 0) is 28.5 Å². The summed E-state index contributed by atoms with van der Waals surface area (Å²) in [5.41, 5.74) is 0. The Labute approximate surface area is 327 Å². The van der Waals surface area contributed by atoms with Gasteiger partial charge >= 0.3 is 11.9 Å². The summed E-state index contributed by atoms with van der Waals surface area (Å²) < 4.78 is 22.1. The lowest BCUT2D eigenvalue weighted by atomic mass is 9.99. The number of allylic oxidation sites excluding steroid dienone is 6. The Morgan fingerprint density at radius 1 is 0.574 bits per heavy atom. The summed E-state index contributed by atoms with van der Waals surface area (Å²) >= 11 is 0. The van der Waals surface area contributed by atoms with Crippen molar-refractivity contribution in [2.75, 3.05) is 19.8 Å². The Morgan fingerprint density at radius 3 is 1.56 bits per heavy atom. The van der Waals surface area contributed by atoms with Crippen LogP contribution in [0.1, 0.15) is 174 Å². The highest BCUT2D eigenvalue weighted by Gasteiger charge is 2.44. The second-order valence-corrected chi connectivity index (χ2v) is 14.8. The van der Waals surface area contributed by atoms with Crippen molar-refractivity contribution in [2.45, 2.75) is 211 Å². The summed E-state index contributed by atoms with van der Waals surface area (Å²) in [5, 5.41) is 40.0. The van der Waals surface area contributed by atoms with Gasteiger partial charge in [-0.15, -0.1) is 0 Å². The minimum Gasteiger partial charge on any atom is -0.462 e. The first-order valence-electron chi connectivity index (χ1n) is 21.6. The van der Waals surface area contributed by atoms with E-state index in [0.717, 1.165) is 70.6 Å². The molecule has 0 saturated carbocycles. The Balaban J connectivity index is 2.36. The molecule has 0 bridgehead atoms. The number of hydrogen-bond acceptors (Lipinski definition) is 10. The highest BCUT2D eigenvalue weighted by molar-refractivity contribution is 5.70. The van der Waals surface area contributed by atoms with Crippen molar-refractivity contribution in [3.8, 4) is 0 Å². The standard InChI is InChI=1S/C44H78O10/c1-3-5-7-9-11-13-15-17-18-19-20-21-23-25-27-29-31-33-40(47)53-37(36-52-44-43(50)42(49)41(48)38(34-45)54-44)35-51-39(46)32-30-28-26-24-22-16-14-12-10-8-6-4-2/h11-14,17-18,37-38,41-45,48-50H,3-10,15-16,19-36H2,1-2H3/b13-11-,14-12-,18-17-. The van der Waals surface area contributed by atoms with Crippen LogP contribution in [0.3, 0.4) is 0 Å². The van der Waals surface area contributed by atoms with E-state index in [-0.39, 0.29) is 32.0 Å². The second kappa shape index (κ2) is 35.3. The maximum Gasteiger partial charge on any atom is 0.306 e. The van der Waals surface area contributed by atoms with Gasteiger partial charge in [0, 0.05) is 12.8 Å². The zero-order valence-corrected chi connectivity index (χ0v) is 34.0. The normalized spacial score (nSPS) is 21.0. The van der Waals surface area contributed by atoms with Gasteiger partial charge in [-0.2, -0.15) is 0 Å². The lowest BCUT2D eigenvalue weighted by Gasteiger charge is -2.39. The van der Waals surface area contributed by atoms with Crippen LogP contribution in [0.15, 0.2) is 36.5 Å². The molecule has 314 valence electrons. The first kappa shape index (κ1) is 49.9. The van der Waals surface area contributed by atoms with Crippen LogP contribution < -0.4 is 0 Å². The molecular weight excluding hydrogens is 688 g/mol. The molecule has 6 atom stereocenters. The summed E-state index contributed by atoms with van der Waals surface area (Å²) in [6.07, 6.45) is 31.5. The van der Waals surface area contributed by atoms with E-state index in [2.05, 4.69) is 50.3 Å². The van der Waals surface area contributed by atoms with Gasteiger partial charge in [0.2, 0.25) is 0 Å². The lowest BCUT2D eigenvalue weighted by Crippen LogP contribution is -2.59. The molecule has 1 saturated heterocycles. The number of carbonyl (C=O) groups excluding carboxylic acids is 2. The van der Waals surface area contributed by atoms with Gasteiger partial charge in [0.1, 0.15) is 31.0 Å². The lowest BCUT2D eigenvalue weighted by molar-refractivity contribution is -0.305. The van der Waals surface area contributed by atoms with Gasteiger partial charge in [0.25, 0.3) is 0 Å². The Kier molecular flexibility index (Phi) is 32.7. The molecule has 0 amide bonds. The zero-order valence-electron chi connectivity index (χ0n) is 34.0. The number of aliphatic hydroxyl groups is 4. The second-order valence-electron chi connectivity index (χ2n) is 14.8. The molecule has 1 rings (SSSR count). The fraction of sp³-hybridized carbons (Fsp3) is 0.818. The van der Waals surface area contributed by atoms with Crippen LogP contribution >= 0.6 is 0 Å². The molecule has 0 spiro atoms. The van der Waals surface area contributed by atoms with Gasteiger partial charge in [-0.3, -0.25) is 9.59 Å². The van der Waals surface area contributed by atoms with Crippen molar-refractivity contribution in [3.05, 3.63) is 36.5 Å². The predicted molar refractivity (Wildman–Crippen MR) is 215 cm³/mol. The zero-order chi connectivity index (χ0) is 39.5. The van der Waals surface area contributed by atoms with E-state index in [0.29, 0.717) is 12.8 Å². The molecule has 0 radical (unpaired) electrons. The van der Waals surface area contributed by atoms with Crippen LogP contribution in [0.5, 0.6) is 0 Å². The third kappa shape index (κ3) is 26.7. The monoisotopic (exact) mass is 767 g/mol. The number of ether oxygens (including phenoxy) is 4. The number of esters is 2. The molecule has 1 aliphatic heterocycles. The molecule has 10 heteroatoms. The number of hydrogen-bond donors (Lipinski definition) is 4. The number of aliphatic hydroxyl groups excluding tert-OH is 4. The third-order valence-electron chi connectivity index (χ3n) is 9.75. The minimum absolute atomic E-state index is 0.219. The molecule has 10 nitrogen and oxygen atoms in total. The van der Waals surface area contributed by atoms with E-state index in [4.69, 9.17) is 18.9 Å². The van der Waals surface area contributed by atoms with Gasteiger partial charge in [-0.05, 0) is 70.6 Å². The first-order valence-corrected chi connectivity index (χ1v) is 21.6. The number of carbonyl (C=O) groups is 2. The molecule has 0 aromatic rings. The average molecular weight is 767 g/mol. The van der Waals surface area contributed by atoms with Crippen LogP contribution in [0.4, 0.5) is 0 Å². The first-order chi connectivity index (χ1) is 26.3. The van der Waals surface area contributed by atoms with Gasteiger partial charge in [0.05, 0.1) is 13.2 Å². The average Bonchev–Trinajstić information content (AvgIpc) is 3.17. The minimum atomic E-state index is -1.60. The van der Waals surface area contributed by atoms with Crippen molar-refractivity contribution in [2.24, 2.45) is 0 Å². The smallest absolute Gasteiger partial charge is 0.306 e. The van der Waals surface area contributed by atoms with Crippen LogP contribution in [-0.4, -0.2) is 89.0 Å². The van der Waals surface area contributed by atoms with Crippen LogP contribution in [0.25, 0.3) is 0 Å². The molecule has 4 N–H and O–H groups in total. The van der Waals surface area contributed by atoms with Gasteiger partial charge in [-0.1, -0.05) is 127 Å². The summed E-state index contributed by atoms with van der Waals surface area (Å²) in [4.78, 5) is 25.3. The number of rotatable bonds is 35. The molecule has 0 aliphatic carbocycles. The molecule has 54 heavy (non-hydrogen) atoms. The van der Waals surface area contributed by atoms with E-state index >= 15 is 0 Å². The van der Waals surface area contributed by atoms with E-state index < -0.39 is 49.4 Å². The maximum atomic E-state index is 12.7. The largest absolute Gasteiger partial charge is 0.462 e. The van der Waals surface area contributed by atoms with Crippen molar-refractivity contribution >= 4 is 11.9 Å². The molecule has 1 heterocycles. The molecule has 1 aliphatic rings. The quantitative estimate of drug-likeness (QED) is 0.0280. The van der Waals surface area contributed by atoms with Gasteiger partial charge < -0.3 is 39.4 Å². The predicted octanol–water partition coefficient (Wildman–Crippen LogP) is 8.72. The van der Waals surface area contributed by atoms with E-state index in [1.165, 1.54) is 64.2 Å². The van der Waals surface area contributed by atoms with Crippen molar-refractivity contribution < 1.29 is 49.0 Å². The molecule has 1 fully saturated rings. The van der Waals surface area contributed by atoms with E-state index in [1.807, 2.05) is 0 Å². The molecular formula is C44H78O10. The Bertz CT molecular complexity index is 980. The van der Waals surface area contributed by atoms with Gasteiger partial charge in [-0.25, -0.2) is 0 Å². The van der Waals surface area contributed by atoms with Gasteiger partial charge in [0.15, 0.2) is 12.4 Å². The molecule has 0 aromatic carbocycles. The number of unbranched alkanes of at least 4 members (excludes halogenated alkanes) is 18. The van der Waals surface area contributed by atoms with Crippen LogP contribution in [0, 0.1) is 0 Å². The summed E-state index contributed by atoms with van der Waals surface area (Å²) in [5.74, 6) is -0.827. The van der Waals surface area contributed by atoms with Crippen molar-refractivity contribution in [1.82, 2.24) is 0 Å². The Hall–Kier alpha value is -2.08. The van der Waals surface area contributed by atoms with E-state index in [9.17, 15) is 30.0 Å². The van der Waals surface area contributed by atoms with Crippen molar-refractivity contribution in [1.29, 1.82) is 0 Å². The molecule has 6 unspecified atom stereocenters. The molecule has 0 aromatic heterocycles. The fourth-order valence-electron chi connectivity index (χ4n) is 6.27. The highest BCUT2D eigenvalue weighted by atomic mass is 16.7. The topological polar surface area (TPSA) is 152 Å². The summed E-state index contributed by atoms with van der Waals surface area (Å²) in [6.45, 7) is 3.35. The van der Waals surface area contributed by atoms with Crippen molar-refractivity contribution in [3.63, 3.8) is 0 Å². The summed E-state index contributed by atoms with van der Waals surface area (Å²) in [6, 6.07) is 0. The maximum absolute atomic E-state index is 12.7. The van der Waals surface area contributed by atoms with E-state index in [1.54, 1.807) is 0 Å². The summed E-state index contributed by atoms with van der Waals surface area (Å²) in [7, 11) is 0. The fourth-order valence-corrected chi connectivity index (χ4v) is 6.27. The third-order valence-corrected chi connectivity index (χ3v) is 9.75. The Morgan fingerprint density at radius 2 is 1.04 bits per heavy atom. The highest BCUT2D eigenvalue weighted by Crippen LogP contribution is 2.22. The van der Waals surface area contributed by atoms with Crippen LogP contribution in [0.2, 0.25) is 0 Å².